The number of carbonyl (C=O) groups is 1. The second-order valence-corrected chi connectivity index (χ2v) is 2.94. The molecule has 0 saturated heterocycles. The SMILES string of the molecule is O=C(/C=C/c1ccc(O)cc1)NCCO. The van der Waals surface area contributed by atoms with Gasteiger partial charge in [-0.15, -0.1) is 0 Å². The van der Waals surface area contributed by atoms with Crippen LogP contribution in [0.5, 0.6) is 5.75 Å². The highest BCUT2D eigenvalue weighted by molar-refractivity contribution is 5.91. The van der Waals surface area contributed by atoms with E-state index in [1.54, 1.807) is 30.3 Å². The van der Waals surface area contributed by atoms with Crippen molar-refractivity contribution in [2.75, 3.05) is 13.2 Å². The first-order valence-electron chi connectivity index (χ1n) is 4.58. The number of aromatic hydroxyl groups is 1. The predicted molar refractivity (Wildman–Crippen MR) is 57.2 cm³/mol. The Balaban J connectivity index is 2.50. The molecule has 0 bridgehead atoms. The number of phenols is 1. The van der Waals surface area contributed by atoms with E-state index in [0.717, 1.165) is 5.56 Å². The number of phenolic OH excluding ortho intramolecular Hbond substituents is 1. The Morgan fingerprint density at radius 1 is 1.33 bits per heavy atom. The van der Waals surface area contributed by atoms with Crippen LogP contribution in [0.1, 0.15) is 5.56 Å². The Hall–Kier alpha value is -1.81. The fraction of sp³-hybridized carbons (Fsp3) is 0.182. The molecular formula is C11H13NO3. The lowest BCUT2D eigenvalue weighted by molar-refractivity contribution is -0.116. The third kappa shape index (κ3) is 4.28. The zero-order chi connectivity index (χ0) is 11.1. The maximum atomic E-state index is 11.1. The molecule has 0 spiro atoms. The van der Waals surface area contributed by atoms with Gasteiger partial charge in [-0.2, -0.15) is 0 Å². The van der Waals surface area contributed by atoms with Crippen molar-refractivity contribution in [3.05, 3.63) is 35.9 Å². The number of hydrogen-bond acceptors (Lipinski definition) is 3. The van der Waals surface area contributed by atoms with Crippen molar-refractivity contribution in [1.29, 1.82) is 0 Å². The first-order valence-corrected chi connectivity index (χ1v) is 4.58. The largest absolute Gasteiger partial charge is 0.508 e. The van der Waals surface area contributed by atoms with Gasteiger partial charge in [-0.25, -0.2) is 0 Å². The molecule has 0 unspecified atom stereocenters. The molecule has 4 nitrogen and oxygen atoms in total. The molecule has 0 aliphatic carbocycles. The molecule has 1 rings (SSSR count). The number of amides is 1. The van der Waals surface area contributed by atoms with Crippen molar-refractivity contribution in [3.8, 4) is 5.75 Å². The lowest BCUT2D eigenvalue weighted by Gasteiger charge is -1.97. The minimum atomic E-state index is -0.253. The molecule has 0 heterocycles. The first kappa shape index (κ1) is 11.3. The van der Waals surface area contributed by atoms with Crippen LogP contribution in [0.3, 0.4) is 0 Å². The standard InChI is InChI=1S/C11H13NO3/c13-8-7-12-11(15)6-3-9-1-4-10(14)5-2-9/h1-6,13-14H,7-8H2,(H,12,15)/b6-3+. The average Bonchev–Trinajstić information content (AvgIpc) is 2.25. The van der Waals surface area contributed by atoms with E-state index in [1.165, 1.54) is 6.08 Å². The minimum absolute atomic E-state index is 0.0706. The van der Waals surface area contributed by atoms with E-state index >= 15 is 0 Å². The van der Waals surface area contributed by atoms with Crippen molar-refractivity contribution < 1.29 is 15.0 Å². The summed E-state index contributed by atoms with van der Waals surface area (Å²) in [5.74, 6) is -0.0611. The molecule has 0 aromatic heterocycles. The molecule has 1 aromatic rings. The maximum Gasteiger partial charge on any atom is 0.244 e. The summed E-state index contributed by atoms with van der Waals surface area (Å²) in [6.45, 7) is 0.178. The van der Waals surface area contributed by atoms with E-state index in [-0.39, 0.29) is 24.8 Å². The van der Waals surface area contributed by atoms with Gasteiger partial charge in [0, 0.05) is 12.6 Å². The Morgan fingerprint density at radius 2 is 2.00 bits per heavy atom. The topological polar surface area (TPSA) is 69.6 Å². The second kappa shape index (κ2) is 5.82. The normalized spacial score (nSPS) is 10.5. The fourth-order valence-corrected chi connectivity index (χ4v) is 0.995. The van der Waals surface area contributed by atoms with Crippen LogP contribution in [0.15, 0.2) is 30.3 Å². The molecule has 4 heteroatoms. The molecule has 1 aromatic carbocycles. The van der Waals surface area contributed by atoms with Crippen LogP contribution in [0.25, 0.3) is 6.08 Å². The van der Waals surface area contributed by atoms with Crippen molar-refractivity contribution in [1.82, 2.24) is 5.32 Å². The number of benzene rings is 1. The molecule has 80 valence electrons. The molecule has 0 fully saturated rings. The number of aliphatic hydroxyl groups excluding tert-OH is 1. The number of nitrogens with one attached hydrogen (secondary N) is 1. The van der Waals surface area contributed by atoms with E-state index in [9.17, 15) is 4.79 Å². The summed E-state index contributed by atoms with van der Waals surface area (Å²) in [5, 5.41) is 20.0. The highest BCUT2D eigenvalue weighted by atomic mass is 16.3. The van der Waals surface area contributed by atoms with Gasteiger partial charge in [0.15, 0.2) is 0 Å². The number of carbonyl (C=O) groups excluding carboxylic acids is 1. The van der Waals surface area contributed by atoms with Crippen LogP contribution >= 0.6 is 0 Å². The smallest absolute Gasteiger partial charge is 0.244 e. The minimum Gasteiger partial charge on any atom is -0.508 e. The summed E-state index contributed by atoms with van der Waals surface area (Å²) in [5.41, 5.74) is 0.826. The van der Waals surface area contributed by atoms with E-state index in [0.29, 0.717) is 0 Å². The Morgan fingerprint density at radius 3 is 2.60 bits per heavy atom. The lowest BCUT2D eigenvalue weighted by Crippen LogP contribution is -2.24. The third-order valence-corrected chi connectivity index (χ3v) is 1.73. The van der Waals surface area contributed by atoms with Crippen molar-refractivity contribution in [2.24, 2.45) is 0 Å². The van der Waals surface area contributed by atoms with Crippen LogP contribution in [0.2, 0.25) is 0 Å². The average molecular weight is 207 g/mol. The second-order valence-electron chi connectivity index (χ2n) is 2.94. The highest BCUT2D eigenvalue weighted by Crippen LogP contribution is 2.10. The summed E-state index contributed by atoms with van der Waals surface area (Å²) in [6, 6.07) is 6.49. The van der Waals surface area contributed by atoms with Gasteiger partial charge in [0.25, 0.3) is 0 Å². The number of rotatable bonds is 4. The van der Waals surface area contributed by atoms with Gasteiger partial charge >= 0.3 is 0 Å². The summed E-state index contributed by atoms with van der Waals surface area (Å²) in [4.78, 5) is 11.1. The van der Waals surface area contributed by atoms with Crippen molar-refractivity contribution in [2.45, 2.75) is 0 Å². The van der Waals surface area contributed by atoms with Gasteiger partial charge in [0.1, 0.15) is 5.75 Å². The molecule has 0 aliphatic heterocycles. The van der Waals surface area contributed by atoms with Gasteiger partial charge in [-0.05, 0) is 23.8 Å². The van der Waals surface area contributed by atoms with Gasteiger partial charge in [-0.1, -0.05) is 12.1 Å². The Labute approximate surface area is 87.9 Å². The maximum absolute atomic E-state index is 11.1. The first-order chi connectivity index (χ1) is 7.22. The van der Waals surface area contributed by atoms with Crippen molar-refractivity contribution >= 4 is 12.0 Å². The molecule has 0 saturated carbocycles. The molecular weight excluding hydrogens is 194 g/mol. The zero-order valence-electron chi connectivity index (χ0n) is 8.18. The van der Waals surface area contributed by atoms with Crippen LogP contribution in [0.4, 0.5) is 0 Å². The Kier molecular flexibility index (Phi) is 4.37. The monoisotopic (exact) mass is 207 g/mol. The molecule has 0 aliphatic rings. The van der Waals surface area contributed by atoms with Gasteiger partial charge in [-0.3, -0.25) is 4.79 Å². The summed E-state index contributed by atoms with van der Waals surface area (Å²) < 4.78 is 0. The molecule has 1 amide bonds. The van der Waals surface area contributed by atoms with Gasteiger partial charge < -0.3 is 15.5 Å². The lowest BCUT2D eigenvalue weighted by atomic mass is 10.2. The predicted octanol–water partition coefficient (Wildman–Crippen LogP) is 0.514. The molecule has 0 atom stereocenters. The van der Waals surface area contributed by atoms with E-state index in [4.69, 9.17) is 10.2 Å². The summed E-state index contributed by atoms with van der Waals surface area (Å²) in [7, 11) is 0. The van der Waals surface area contributed by atoms with Crippen LogP contribution in [-0.4, -0.2) is 29.3 Å². The van der Waals surface area contributed by atoms with E-state index in [2.05, 4.69) is 5.32 Å². The third-order valence-electron chi connectivity index (χ3n) is 1.73. The van der Waals surface area contributed by atoms with Crippen molar-refractivity contribution in [3.63, 3.8) is 0 Å². The van der Waals surface area contributed by atoms with E-state index < -0.39 is 0 Å². The van der Waals surface area contributed by atoms with Crippen LogP contribution in [0, 0.1) is 0 Å². The Bertz CT molecular complexity index is 343. The number of aliphatic hydroxyl groups is 1. The molecule has 0 radical (unpaired) electrons. The quantitative estimate of drug-likeness (QED) is 0.630. The van der Waals surface area contributed by atoms with Crippen LogP contribution < -0.4 is 5.32 Å². The fourth-order valence-electron chi connectivity index (χ4n) is 0.995. The summed E-state index contributed by atoms with van der Waals surface area (Å²) in [6.07, 6.45) is 3.01. The van der Waals surface area contributed by atoms with Gasteiger partial charge in [0.05, 0.1) is 6.61 Å². The molecule has 3 N–H and O–H groups in total. The van der Waals surface area contributed by atoms with E-state index in [1.807, 2.05) is 0 Å². The van der Waals surface area contributed by atoms with Gasteiger partial charge in [0.2, 0.25) is 5.91 Å². The highest BCUT2D eigenvalue weighted by Gasteiger charge is 1.93. The zero-order valence-corrected chi connectivity index (χ0v) is 8.18. The van der Waals surface area contributed by atoms with Crippen LogP contribution in [-0.2, 0) is 4.79 Å². The number of hydrogen-bond donors (Lipinski definition) is 3. The summed E-state index contributed by atoms with van der Waals surface area (Å²) >= 11 is 0. The molecule has 15 heavy (non-hydrogen) atoms.